The Kier molecular flexibility index (Phi) is 5.19. The van der Waals surface area contributed by atoms with E-state index in [1.165, 1.54) is 0 Å². The Morgan fingerprint density at radius 3 is 2.29 bits per heavy atom. The molecule has 1 aromatic rings. The Balaban J connectivity index is 3.04. The molecule has 3 nitrogen and oxygen atoms in total. The van der Waals surface area contributed by atoms with Gasteiger partial charge in [0.15, 0.2) is 0 Å². The zero-order valence-corrected chi connectivity index (χ0v) is 12.1. The molecule has 0 spiro atoms. The van der Waals surface area contributed by atoms with Crippen LogP contribution in [0.15, 0.2) is 6.07 Å². The van der Waals surface area contributed by atoms with Gasteiger partial charge in [-0.05, 0) is 12.8 Å². The molecule has 0 fully saturated rings. The number of rotatable bonds is 5. The molecule has 1 heterocycles. The molecule has 17 heavy (non-hydrogen) atoms. The van der Waals surface area contributed by atoms with Gasteiger partial charge in [0.1, 0.15) is 16.8 Å². The van der Waals surface area contributed by atoms with Crippen LogP contribution in [0.1, 0.15) is 52.3 Å². The largest absolute Gasteiger partial charge is 0.357 e. The van der Waals surface area contributed by atoms with Gasteiger partial charge in [0.25, 0.3) is 0 Å². The van der Waals surface area contributed by atoms with Crippen LogP contribution in [0.25, 0.3) is 0 Å². The van der Waals surface area contributed by atoms with Crippen molar-refractivity contribution in [1.82, 2.24) is 9.97 Å². The van der Waals surface area contributed by atoms with E-state index in [-0.39, 0.29) is 0 Å². The molecule has 1 rings (SSSR count). The van der Waals surface area contributed by atoms with E-state index < -0.39 is 0 Å². The molecular formula is C13H22ClN3. The van der Waals surface area contributed by atoms with Gasteiger partial charge in [0.05, 0.1) is 0 Å². The summed E-state index contributed by atoms with van der Waals surface area (Å²) in [6.45, 7) is 8.53. The lowest BCUT2D eigenvalue weighted by molar-refractivity contribution is 0.584. The lowest BCUT2D eigenvalue weighted by Gasteiger charge is -2.27. The Labute approximate surface area is 109 Å². The van der Waals surface area contributed by atoms with Crippen molar-refractivity contribution < 1.29 is 0 Å². The summed E-state index contributed by atoms with van der Waals surface area (Å²) in [5.74, 6) is 2.02. The van der Waals surface area contributed by atoms with Gasteiger partial charge in [-0.15, -0.1) is 0 Å². The van der Waals surface area contributed by atoms with Crippen LogP contribution in [0.5, 0.6) is 0 Å². The van der Waals surface area contributed by atoms with Crippen LogP contribution in [-0.2, 0) is 0 Å². The molecule has 0 saturated carbocycles. The Bertz CT molecular complexity index is 362. The van der Waals surface area contributed by atoms with Gasteiger partial charge < -0.3 is 4.90 Å². The lowest BCUT2D eigenvalue weighted by Crippen LogP contribution is -2.31. The predicted octanol–water partition coefficient (Wildman–Crippen LogP) is 3.88. The third kappa shape index (κ3) is 3.56. The number of halogens is 1. The highest BCUT2D eigenvalue weighted by Gasteiger charge is 2.15. The van der Waals surface area contributed by atoms with Gasteiger partial charge in [0.2, 0.25) is 0 Å². The summed E-state index contributed by atoms with van der Waals surface area (Å²) in [4.78, 5) is 11.0. The van der Waals surface area contributed by atoms with Crippen LogP contribution >= 0.6 is 11.6 Å². The summed E-state index contributed by atoms with van der Waals surface area (Å²) >= 11 is 6.05. The molecule has 0 aromatic carbocycles. The van der Waals surface area contributed by atoms with Crippen molar-refractivity contribution in [1.29, 1.82) is 0 Å². The monoisotopic (exact) mass is 255 g/mol. The molecule has 1 aromatic heterocycles. The van der Waals surface area contributed by atoms with Crippen LogP contribution in [0.2, 0.25) is 5.15 Å². The standard InChI is InChI=1S/C13H22ClN3/c1-6-10(7-2)17(5)12-8-11(14)15-13(16-12)9(3)4/h8-10H,6-7H2,1-5H3. The van der Waals surface area contributed by atoms with E-state index in [1.807, 2.05) is 6.07 Å². The number of nitrogens with zero attached hydrogens (tertiary/aromatic N) is 3. The van der Waals surface area contributed by atoms with E-state index in [9.17, 15) is 0 Å². The lowest BCUT2D eigenvalue weighted by atomic mass is 10.1. The Morgan fingerprint density at radius 1 is 1.24 bits per heavy atom. The smallest absolute Gasteiger partial charge is 0.135 e. The van der Waals surface area contributed by atoms with Gasteiger partial charge in [-0.1, -0.05) is 39.3 Å². The van der Waals surface area contributed by atoms with Gasteiger partial charge >= 0.3 is 0 Å². The van der Waals surface area contributed by atoms with E-state index >= 15 is 0 Å². The number of aromatic nitrogens is 2. The molecule has 0 bridgehead atoms. The second-order valence-electron chi connectivity index (χ2n) is 4.64. The fourth-order valence-electron chi connectivity index (χ4n) is 1.89. The van der Waals surface area contributed by atoms with Gasteiger partial charge in [-0.2, -0.15) is 0 Å². The molecule has 0 aliphatic rings. The highest BCUT2D eigenvalue weighted by atomic mass is 35.5. The van der Waals surface area contributed by atoms with E-state index in [0.29, 0.717) is 17.1 Å². The quantitative estimate of drug-likeness (QED) is 0.748. The molecule has 0 amide bonds. The normalized spacial score (nSPS) is 11.3. The first-order valence-electron chi connectivity index (χ1n) is 6.26. The molecule has 0 unspecified atom stereocenters. The van der Waals surface area contributed by atoms with Crippen molar-refractivity contribution in [2.24, 2.45) is 0 Å². The minimum Gasteiger partial charge on any atom is -0.357 e. The maximum absolute atomic E-state index is 6.05. The van der Waals surface area contributed by atoms with Crippen molar-refractivity contribution in [3.05, 3.63) is 17.0 Å². The predicted molar refractivity (Wildman–Crippen MR) is 73.9 cm³/mol. The molecule has 0 saturated heterocycles. The molecule has 4 heteroatoms. The summed E-state index contributed by atoms with van der Waals surface area (Å²) < 4.78 is 0. The maximum Gasteiger partial charge on any atom is 0.135 e. The average Bonchev–Trinajstić information content (AvgIpc) is 2.29. The SMILES string of the molecule is CCC(CC)N(C)c1cc(Cl)nc(C(C)C)n1. The molecular weight excluding hydrogens is 234 g/mol. The molecule has 0 aliphatic heterocycles. The first-order chi connectivity index (χ1) is 7.99. The molecule has 0 aliphatic carbocycles. The molecule has 0 radical (unpaired) electrons. The van der Waals surface area contributed by atoms with Crippen LogP contribution in [0.4, 0.5) is 5.82 Å². The zero-order valence-electron chi connectivity index (χ0n) is 11.4. The topological polar surface area (TPSA) is 29.0 Å². The minimum absolute atomic E-state index is 0.294. The van der Waals surface area contributed by atoms with Crippen molar-refractivity contribution >= 4 is 17.4 Å². The van der Waals surface area contributed by atoms with Gasteiger partial charge in [-0.3, -0.25) is 0 Å². The number of hydrogen-bond donors (Lipinski definition) is 0. The van der Waals surface area contributed by atoms with Crippen molar-refractivity contribution in [2.75, 3.05) is 11.9 Å². The molecule has 0 atom stereocenters. The third-order valence-electron chi connectivity index (χ3n) is 3.07. The summed E-state index contributed by atoms with van der Waals surface area (Å²) in [6, 6.07) is 2.34. The molecule has 96 valence electrons. The highest BCUT2D eigenvalue weighted by Crippen LogP contribution is 2.22. The van der Waals surface area contributed by atoms with Crippen molar-refractivity contribution in [3.8, 4) is 0 Å². The first-order valence-corrected chi connectivity index (χ1v) is 6.64. The number of anilines is 1. The van der Waals surface area contributed by atoms with Gasteiger partial charge in [0, 0.05) is 25.1 Å². The van der Waals surface area contributed by atoms with Crippen molar-refractivity contribution in [2.45, 2.75) is 52.5 Å². The third-order valence-corrected chi connectivity index (χ3v) is 3.26. The Morgan fingerprint density at radius 2 is 1.82 bits per heavy atom. The fraction of sp³-hybridized carbons (Fsp3) is 0.692. The minimum atomic E-state index is 0.294. The fourth-order valence-corrected chi connectivity index (χ4v) is 2.07. The van der Waals surface area contributed by atoms with E-state index in [1.54, 1.807) is 0 Å². The van der Waals surface area contributed by atoms with Crippen LogP contribution < -0.4 is 4.90 Å². The highest BCUT2D eigenvalue weighted by molar-refractivity contribution is 6.29. The Hall–Kier alpha value is -0.830. The average molecular weight is 256 g/mol. The second kappa shape index (κ2) is 6.20. The zero-order chi connectivity index (χ0) is 13.0. The molecule has 0 N–H and O–H groups in total. The van der Waals surface area contributed by atoms with Crippen LogP contribution in [0, 0.1) is 0 Å². The van der Waals surface area contributed by atoms with E-state index in [4.69, 9.17) is 11.6 Å². The number of hydrogen-bond acceptors (Lipinski definition) is 3. The van der Waals surface area contributed by atoms with Crippen LogP contribution in [0.3, 0.4) is 0 Å². The van der Waals surface area contributed by atoms with Crippen molar-refractivity contribution in [3.63, 3.8) is 0 Å². The van der Waals surface area contributed by atoms with Gasteiger partial charge in [-0.25, -0.2) is 9.97 Å². The summed E-state index contributed by atoms with van der Waals surface area (Å²) in [6.07, 6.45) is 2.21. The van der Waals surface area contributed by atoms with E-state index in [2.05, 4.69) is 49.6 Å². The summed E-state index contributed by atoms with van der Waals surface area (Å²) in [5.41, 5.74) is 0. The summed E-state index contributed by atoms with van der Waals surface area (Å²) in [5, 5.41) is 0.525. The first kappa shape index (κ1) is 14.2. The summed E-state index contributed by atoms with van der Waals surface area (Å²) in [7, 11) is 2.07. The van der Waals surface area contributed by atoms with Crippen LogP contribution in [-0.4, -0.2) is 23.1 Å². The second-order valence-corrected chi connectivity index (χ2v) is 5.03. The maximum atomic E-state index is 6.05. The van der Waals surface area contributed by atoms with E-state index in [0.717, 1.165) is 24.5 Å².